The van der Waals surface area contributed by atoms with Gasteiger partial charge in [0.25, 0.3) is 0 Å². The fraction of sp³-hybridized carbons (Fsp3) is 0.375. The molecule has 1 aromatic carbocycles. The number of hydrogen-bond donors (Lipinski definition) is 2. The number of methoxy groups -OCH3 is 1. The first-order valence-electron chi connectivity index (χ1n) is 7.17. The topological polar surface area (TPSA) is 83.4 Å². The molecule has 0 saturated carbocycles. The number of nitrogens with one attached hydrogen (secondary N) is 2. The van der Waals surface area contributed by atoms with Crippen molar-refractivity contribution in [3.8, 4) is 6.07 Å². The van der Waals surface area contributed by atoms with Crippen LogP contribution < -0.4 is 10.9 Å². The lowest BCUT2D eigenvalue weighted by atomic mass is 9.93. The fourth-order valence-electron chi connectivity index (χ4n) is 2.33. The summed E-state index contributed by atoms with van der Waals surface area (Å²) in [5, 5.41) is 9.17. The van der Waals surface area contributed by atoms with Crippen LogP contribution in [0.5, 0.6) is 0 Å². The summed E-state index contributed by atoms with van der Waals surface area (Å²) in [4.78, 5) is 11.9. The van der Waals surface area contributed by atoms with Crippen molar-refractivity contribution in [2.75, 3.05) is 26.9 Å². The number of hydrogen-bond acceptors (Lipinski definition) is 6. The van der Waals surface area contributed by atoms with Gasteiger partial charge in [-0.1, -0.05) is 18.2 Å². The first-order valence-corrected chi connectivity index (χ1v) is 7.17. The van der Waals surface area contributed by atoms with Gasteiger partial charge in [-0.3, -0.25) is 5.43 Å². The van der Waals surface area contributed by atoms with Crippen LogP contribution in [0.1, 0.15) is 11.6 Å². The summed E-state index contributed by atoms with van der Waals surface area (Å²) >= 11 is 0. The average Bonchev–Trinajstić information content (AvgIpc) is 3.01. The number of rotatable bonds is 6. The lowest BCUT2D eigenvalue weighted by Gasteiger charge is -2.16. The molecule has 1 fully saturated rings. The van der Waals surface area contributed by atoms with E-state index in [0.29, 0.717) is 6.54 Å². The molecule has 0 bridgehead atoms. The van der Waals surface area contributed by atoms with Gasteiger partial charge in [0.15, 0.2) is 0 Å². The van der Waals surface area contributed by atoms with E-state index in [2.05, 4.69) is 10.9 Å². The van der Waals surface area contributed by atoms with Gasteiger partial charge >= 0.3 is 5.97 Å². The van der Waals surface area contributed by atoms with Crippen LogP contribution in [0.25, 0.3) is 0 Å². The molecule has 7 heteroatoms. The molecule has 1 aromatic rings. The highest BCUT2D eigenvalue weighted by molar-refractivity contribution is 5.92. The van der Waals surface area contributed by atoms with Gasteiger partial charge in [0.05, 0.1) is 12.6 Å². The molecule has 2 unspecified atom stereocenters. The van der Waals surface area contributed by atoms with E-state index in [9.17, 15) is 9.18 Å². The number of hydrazine groups is 1. The normalized spacial score (nSPS) is 21.0. The Hall–Kier alpha value is -2.27. The molecule has 0 radical (unpaired) electrons. The second-order valence-electron chi connectivity index (χ2n) is 5.04. The maximum absolute atomic E-state index is 13.0. The standard InChI is InChI=1S/C16H18FN3O3/c1-22-6-7-23-16(21)12(9-18)8-13-10-19-20-15(13)11-2-4-14(17)5-3-11/h2-5,8,13,15,19-20H,6-7,10H2,1H3/b12-8-. The Kier molecular flexibility index (Phi) is 6.23. The van der Waals surface area contributed by atoms with Crippen LogP contribution in [0.4, 0.5) is 4.39 Å². The summed E-state index contributed by atoms with van der Waals surface area (Å²) in [5.41, 5.74) is 6.86. The van der Waals surface area contributed by atoms with E-state index in [-0.39, 0.29) is 36.6 Å². The number of carbonyl (C=O) groups is 1. The van der Waals surface area contributed by atoms with Crippen LogP contribution in [-0.2, 0) is 14.3 Å². The second kappa shape index (κ2) is 8.39. The third kappa shape index (κ3) is 4.60. The van der Waals surface area contributed by atoms with Crippen LogP contribution in [-0.4, -0.2) is 32.8 Å². The Morgan fingerprint density at radius 2 is 2.17 bits per heavy atom. The molecule has 0 aliphatic carbocycles. The number of halogens is 1. The zero-order valence-electron chi connectivity index (χ0n) is 12.7. The molecule has 2 N–H and O–H groups in total. The molecule has 122 valence electrons. The Labute approximate surface area is 133 Å². The molecule has 6 nitrogen and oxygen atoms in total. The smallest absolute Gasteiger partial charge is 0.348 e. The van der Waals surface area contributed by atoms with Gasteiger partial charge in [-0.15, -0.1) is 0 Å². The quantitative estimate of drug-likeness (QED) is 0.355. The largest absolute Gasteiger partial charge is 0.459 e. The van der Waals surface area contributed by atoms with Crippen molar-refractivity contribution in [2.45, 2.75) is 6.04 Å². The molecular formula is C16H18FN3O3. The molecule has 0 spiro atoms. The van der Waals surface area contributed by atoms with Crippen molar-refractivity contribution in [3.63, 3.8) is 0 Å². The van der Waals surface area contributed by atoms with Crippen LogP contribution >= 0.6 is 0 Å². The monoisotopic (exact) mass is 319 g/mol. The van der Waals surface area contributed by atoms with Gasteiger partial charge in [0.1, 0.15) is 24.1 Å². The van der Waals surface area contributed by atoms with Crippen molar-refractivity contribution in [1.29, 1.82) is 5.26 Å². The second-order valence-corrected chi connectivity index (χ2v) is 5.04. The van der Waals surface area contributed by atoms with E-state index in [1.54, 1.807) is 18.2 Å². The Bertz CT molecular complexity index is 610. The maximum Gasteiger partial charge on any atom is 0.348 e. The molecule has 1 aliphatic heterocycles. The number of ether oxygens (including phenoxy) is 2. The van der Waals surface area contributed by atoms with E-state index in [1.807, 2.05) is 6.07 Å². The molecule has 1 aliphatic rings. The van der Waals surface area contributed by atoms with Crippen molar-refractivity contribution < 1.29 is 18.7 Å². The lowest BCUT2D eigenvalue weighted by molar-refractivity contribution is -0.139. The number of benzene rings is 1. The Balaban J connectivity index is 2.10. The minimum Gasteiger partial charge on any atom is -0.459 e. The molecule has 23 heavy (non-hydrogen) atoms. The third-order valence-corrected chi connectivity index (χ3v) is 3.49. The van der Waals surface area contributed by atoms with E-state index in [1.165, 1.54) is 19.2 Å². The minimum absolute atomic E-state index is 0.0521. The molecule has 1 heterocycles. The number of nitrogens with zero attached hydrogens (tertiary/aromatic N) is 1. The first-order chi connectivity index (χ1) is 11.2. The zero-order chi connectivity index (χ0) is 16.7. The van der Waals surface area contributed by atoms with E-state index in [4.69, 9.17) is 14.7 Å². The molecule has 0 aromatic heterocycles. The fourth-order valence-corrected chi connectivity index (χ4v) is 2.33. The Morgan fingerprint density at radius 1 is 1.43 bits per heavy atom. The SMILES string of the molecule is COCCOC(=O)/C(C#N)=C\C1CNNC1c1ccc(F)cc1. The summed E-state index contributed by atoms with van der Waals surface area (Å²) in [5.74, 6) is -1.12. The predicted octanol–water partition coefficient (Wildman–Crippen LogP) is 1.23. The first kappa shape index (κ1) is 17.1. The van der Waals surface area contributed by atoms with Gasteiger partial charge in [-0.2, -0.15) is 5.26 Å². The van der Waals surface area contributed by atoms with Crippen LogP contribution in [0.2, 0.25) is 0 Å². The summed E-state index contributed by atoms with van der Waals surface area (Å²) < 4.78 is 22.8. The van der Waals surface area contributed by atoms with Crippen LogP contribution in [0, 0.1) is 23.1 Å². The number of nitriles is 1. The van der Waals surface area contributed by atoms with Crippen molar-refractivity contribution in [3.05, 3.63) is 47.3 Å². The predicted molar refractivity (Wildman–Crippen MR) is 80.3 cm³/mol. The average molecular weight is 319 g/mol. The van der Waals surface area contributed by atoms with Gasteiger partial charge in [0.2, 0.25) is 0 Å². The maximum atomic E-state index is 13.0. The van der Waals surface area contributed by atoms with E-state index < -0.39 is 5.97 Å². The van der Waals surface area contributed by atoms with Gasteiger partial charge < -0.3 is 9.47 Å². The number of esters is 1. The van der Waals surface area contributed by atoms with Crippen LogP contribution in [0.3, 0.4) is 0 Å². The lowest BCUT2D eigenvalue weighted by Crippen LogP contribution is -2.24. The van der Waals surface area contributed by atoms with Gasteiger partial charge in [-0.05, 0) is 17.7 Å². The van der Waals surface area contributed by atoms with Crippen molar-refractivity contribution >= 4 is 5.97 Å². The van der Waals surface area contributed by atoms with Crippen LogP contribution in [0.15, 0.2) is 35.9 Å². The van der Waals surface area contributed by atoms with E-state index >= 15 is 0 Å². The zero-order valence-corrected chi connectivity index (χ0v) is 12.7. The molecule has 0 amide bonds. The molecule has 1 saturated heterocycles. The third-order valence-electron chi connectivity index (χ3n) is 3.49. The summed E-state index contributed by atoms with van der Waals surface area (Å²) in [7, 11) is 1.50. The highest BCUT2D eigenvalue weighted by atomic mass is 19.1. The highest BCUT2D eigenvalue weighted by Crippen LogP contribution is 2.27. The molecule has 2 atom stereocenters. The summed E-state index contributed by atoms with van der Waals surface area (Å²) in [6.45, 7) is 0.907. The van der Waals surface area contributed by atoms with Gasteiger partial charge in [0, 0.05) is 19.6 Å². The van der Waals surface area contributed by atoms with Gasteiger partial charge in [-0.25, -0.2) is 14.6 Å². The van der Waals surface area contributed by atoms with Crippen molar-refractivity contribution in [1.82, 2.24) is 10.9 Å². The highest BCUT2D eigenvalue weighted by Gasteiger charge is 2.28. The van der Waals surface area contributed by atoms with Crippen molar-refractivity contribution in [2.24, 2.45) is 5.92 Å². The Morgan fingerprint density at radius 3 is 2.83 bits per heavy atom. The summed E-state index contributed by atoms with van der Waals surface area (Å²) in [6, 6.07) is 7.80. The summed E-state index contributed by atoms with van der Waals surface area (Å²) in [6.07, 6.45) is 1.58. The molecule has 2 rings (SSSR count). The van der Waals surface area contributed by atoms with E-state index in [0.717, 1.165) is 5.56 Å². The number of carbonyl (C=O) groups excluding carboxylic acids is 1. The minimum atomic E-state index is -0.672. The molecular weight excluding hydrogens is 301 g/mol.